The van der Waals surface area contributed by atoms with E-state index >= 15 is 0 Å². The number of rotatable bonds is 5. The van der Waals surface area contributed by atoms with Crippen LogP contribution in [0.2, 0.25) is 0 Å². The van der Waals surface area contributed by atoms with Crippen LogP contribution in [-0.4, -0.2) is 15.0 Å². The molecule has 61 heavy (non-hydrogen) atoms. The minimum absolute atomic E-state index is 0.233. The Bertz CT molecular complexity index is 3650. The quantitative estimate of drug-likeness (QED) is 0.172. The maximum atomic E-state index is 6.52. The van der Waals surface area contributed by atoms with Crippen LogP contribution < -0.4 is 4.90 Å². The van der Waals surface area contributed by atoms with E-state index in [4.69, 9.17) is 28.2 Å². The molecule has 1 aliphatic rings. The van der Waals surface area contributed by atoms with Crippen LogP contribution in [0.5, 0.6) is 0 Å². The molecule has 12 aromatic rings. The van der Waals surface area contributed by atoms with Gasteiger partial charge < -0.3 is 13.3 Å². The standard InChI is InChI=1S/C54H34N4O3/c1-54(2)39-17-7-3-15-35(39)49-40(54)18-11-19-41(49)58(42-20-12-24-48-50(42)36-16-6-10-23-45(36)61-48)53-56-51(31-25-27-46-37(29-31)33-13-4-8-21-43(33)59-46)55-52(57-53)32-26-28-47-38(30-32)34-14-5-9-22-44(34)60-47/h3-30H,1-2H3. The van der Waals surface area contributed by atoms with Gasteiger partial charge in [0.25, 0.3) is 0 Å². The van der Waals surface area contributed by atoms with Gasteiger partial charge in [-0.25, -0.2) is 4.98 Å². The van der Waals surface area contributed by atoms with Gasteiger partial charge in [-0.2, -0.15) is 9.97 Å². The van der Waals surface area contributed by atoms with Crippen LogP contribution in [-0.2, 0) is 5.41 Å². The van der Waals surface area contributed by atoms with E-state index in [0.717, 1.165) is 93.9 Å². The van der Waals surface area contributed by atoms with Gasteiger partial charge in [-0.3, -0.25) is 4.90 Å². The normalized spacial score (nSPS) is 13.2. The molecule has 13 rings (SSSR count). The lowest BCUT2D eigenvalue weighted by atomic mass is 9.82. The third-order valence-electron chi connectivity index (χ3n) is 12.5. The number of hydrogen-bond donors (Lipinski definition) is 0. The first-order valence-electron chi connectivity index (χ1n) is 20.5. The van der Waals surface area contributed by atoms with Crippen molar-refractivity contribution in [1.82, 2.24) is 15.0 Å². The average Bonchev–Trinajstić information content (AvgIpc) is 4.04. The number of para-hydroxylation sites is 3. The Labute approximate surface area is 349 Å². The number of anilines is 3. The van der Waals surface area contributed by atoms with E-state index in [2.05, 4.69) is 104 Å². The summed E-state index contributed by atoms with van der Waals surface area (Å²) in [5.41, 5.74) is 13.0. The molecule has 288 valence electrons. The van der Waals surface area contributed by atoms with Crippen LogP contribution in [0.1, 0.15) is 25.0 Å². The molecule has 1 aliphatic carbocycles. The second-order valence-corrected chi connectivity index (χ2v) is 16.4. The molecule has 8 aromatic carbocycles. The lowest BCUT2D eigenvalue weighted by Crippen LogP contribution is -2.18. The molecule has 0 bridgehead atoms. The van der Waals surface area contributed by atoms with Crippen molar-refractivity contribution in [2.45, 2.75) is 19.3 Å². The first-order valence-corrected chi connectivity index (χ1v) is 20.5. The topological polar surface area (TPSA) is 81.3 Å². The summed E-state index contributed by atoms with van der Waals surface area (Å²) < 4.78 is 19.0. The van der Waals surface area contributed by atoms with Crippen molar-refractivity contribution in [2.24, 2.45) is 0 Å². The highest BCUT2D eigenvalue weighted by atomic mass is 16.3. The maximum Gasteiger partial charge on any atom is 0.238 e. The van der Waals surface area contributed by atoms with Crippen molar-refractivity contribution in [3.05, 3.63) is 181 Å². The fourth-order valence-corrected chi connectivity index (χ4v) is 9.66. The Morgan fingerprint density at radius 2 is 0.902 bits per heavy atom. The molecule has 4 aromatic heterocycles. The second-order valence-electron chi connectivity index (χ2n) is 16.4. The zero-order chi connectivity index (χ0) is 40.4. The molecular weight excluding hydrogens is 753 g/mol. The smallest absolute Gasteiger partial charge is 0.238 e. The molecule has 7 heteroatoms. The summed E-state index contributed by atoms with van der Waals surface area (Å²) >= 11 is 0. The fraction of sp³-hybridized carbons (Fsp3) is 0.0556. The van der Waals surface area contributed by atoms with Crippen LogP contribution in [0.4, 0.5) is 17.3 Å². The van der Waals surface area contributed by atoms with Crippen LogP contribution in [0.25, 0.3) is 99.7 Å². The summed E-state index contributed by atoms with van der Waals surface area (Å²) in [6, 6.07) is 58.4. The number of furan rings is 3. The minimum atomic E-state index is -0.233. The molecule has 0 fully saturated rings. The lowest BCUT2D eigenvalue weighted by Gasteiger charge is -2.28. The van der Waals surface area contributed by atoms with Gasteiger partial charge in [-0.15, -0.1) is 0 Å². The summed E-state index contributed by atoms with van der Waals surface area (Å²) in [6.45, 7) is 4.61. The van der Waals surface area contributed by atoms with Gasteiger partial charge in [0.15, 0.2) is 11.6 Å². The molecule has 0 saturated heterocycles. The van der Waals surface area contributed by atoms with Gasteiger partial charge in [0.05, 0.1) is 16.8 Å². The van der Waals surface area contributed by atoms with E-state index < -0.39 is 0 Å². The Balaban J connectivity index is 1.13. The highest BCUT2D eigenvalue weighted by Gasteiger charge is 2.38. The first-order chi connectivity index (χ1) is 30.0. The van der Waals surface area contributed by atoms with Gasteiger partial charge in [0.1, 0.15) is 33.5 Å². The Kier molecular flexibility index (Phi) is 6.94. The minimum Gasteiger partial charge on any atom is -0.456 e. The fourth-order valence-electron chi connectivity index (χ4n) is 9.66. The van der Waals surface area contributed by atoms with Crippen molar-refractivity contribution in [1.29, 1.82) is 0 Å². The van der Waals surface area contributed by atoms with Crippen molar-refractivity contribution < 1.29 is 13.3 Å². The highest BCUT2D eigenvalue weighted by Crippen LogP contribution is 2.55. The molecule has 0 saturated carbocycles. The zero-order valence-electron chi connectivity index (χ0n) is 33.2. The van der Waals surface area contributed by atoms with Crippen molar-refractivity contribution in [3.63, 3.8) is 0 Å². The van der Waals surface area contributed by atoms with Crippen LogP contribution in [0, 0.1) is 0 Å². The monoisotopic (exact) mass is 786 g/mol. The van der Waals surface area contributed by atoms with Crippen LogP contribution >= 0.6 is 0 Å². The Morgan fingerprint density at radius 3 is 1.57 bits per heavy atom. The maximum absolute atomic E-state index is 6.52. The van der Waals surface area contributed by atoms with Gasteiger partial charge in [0.2, 0.25) is 5.95 Å². The summed E-state index contributed by atoms with van der Waals surface area (Å²) in [6.07, 6.45) is 0. The zero-order valence-corrected chi connectivity index (χ0v) is 33.2. The van der Waals surface area contributed by atoms with E-state index in [1.54, 1.807) is 0 Å². The number of aromatic nitrogens is 3. The first kappa shape index (κ1) is 33.9. The van der Waals surface area contributed by atoms with E-state index in [1.165, 1.54) is 16.7 Å². The second kappa shape index (κ2) is 12.5. The Morgan fingerprint density at radius 1 is 0.410 bits per heavy atom. The molecule has 0 radical (unpaired) electrons. The number of nitrogens with zero attached hydrogens (tertiary/aromatic N) is 4. The van der Waals surface area contributed by atoms with E-state index in [0.29, 0.717) is 17.6 Å². The molecule has 0 N–H and O–H groups in total. The molecular formula is C54H34N4O3. The van der Waals surface area contributed by atoms with E-state index in [1.807, 2.05) is 84.9 Å². The van der Waals surface area contributed by atoms with E-state index in [-0.39, 0.29) is 5.41 Å². The SMILES string of the molecule is CC1(C)c2ccccc2-c2c(N(c3nc(-c4ccc5oc6ccccc6c5c4)nc(-c4ccc5oc6ccccc6c5c4)n3)c3cccc4oc5ccccc5c34)cccc21. The summed E-state index contributed by atoms with van der Waals surface area (Å²) in [7, 11) is 0. The predicted octanol–water partition coefficient (Wildman–Crippen LogP) is 14.7. The molecule has 0 spiro atoms. The van der Waals surface area contributed by atoms with Crippen molar-refractivity contribution >= 4 is 83.1 Å². The Hall–Kier alpha value is -8.03. The lowest BCUT2D eigenvalue weighted by molar-refractivity contribution is 0.660. The van der Waals surface area contributed by atoms with E-state index in [9.17, 15) is 0 Å². The number of fused-ring (bicyclic) bond motifs is 12. The van der Waals surface area contributed by atoms with Gasteiger partial charge in [-0.05, 0) is 89.5 Å². The number of benzene rings is 8. The van der Waals surface area contributed by atoms with Gasteiger partial charge >= 0.3 is 0 Å². The van der Waals surface area contributed by atoms with Crippen molar-refractivity contribution in [2.75, 3.05) is 4.90 Å². The summed E-state index contributed by atoms with van der Waals surface area (Å²) in [5, 5.41) is 6.04. The van der Waals surface area contributed by atoms with Crippen LogP contribution in [0.3, 0.4) is 0 Å². The van der Waals surface area contributed by atoms with Crippen molar-refractivity contribution in [3.8, 4) is 33.9 Å². The molecule has 0 unspecified atom stereocenters. The molecule has 0 amide bonds. The third-order valence-corrected chi connectivity index (χ3v) is 12.5. The van der Waals surface area contributed by atoms with Gasteiger partial charge in [-0.1, -0.05) is 111 Å². The molecule has 0 aliphatic heterocycles. The average molecular weight is 787 g/mol. The van der Waals surface area contributed by atoms with Crippen LogP contribution in [0.15, 0.2) is 183 Å². The number of hydrogen-bond acceptors (Lipinski definition) is 7. The molecule has 7 nitrogen and oxygen atoms in total. The highest BCUT2D eigenvalue weighted by molar-refractivity contribution is 6.14. The molecule has 4 heterocycles. The van der Waals surface area contributed by atoms with Gasteiger partial charge in [0, 0.05) is 49.0 Å². The third kappa shape index (κ3) is 4.95. The predicted molar refractivity (Wildman–Crippen MR) is 245 cm³/mol. The summed E-state index contributed by atoms with van der Waals surface area (Å²) in [4.78, 5) is 18.4. The largest absolute Gasteiger partial charge is 0.456 e. The summed E-state index contributed by atoms with van der Waals surface area (Å²) in [5.74, 6) is 1.54. The molecule has 0 atom stereocenters.